The third-order valence-electron chi connectivity index (χ3n) is 1.45. The van der Waals surface area contributed by atoms with Gasteiger partial charge in [0.15, 0.2) is 5.75 Å². The van der Waals surface area contributed by atoms with Crippen molar-refractivity contribution in [3.8, 4) is 0 Å². The number of aliphatic carboxylic acids is 1. The van der Waals surface area contributed by atoms with E-state index in [4.69, 9.17) is 9.84 Å². The molecule has 0 aliphatic carbocycles. The first kappa shape index (κ1) is 14.3. The van der Waals surface area contributed by atoms with E-state index in [1.807, 2.05) is 6.92 Å². The third kappa shape index (κ3) is 9.64. The van der Waals surface area contributed by atoms with E-state index >= 15 is 0 Å². The molecule has 0 spiro atoms. The zero-order valence-electron chi connectivity index (χ0n) is 8.73. The Hall–Kier alpha value is -0.660. The van der Waals surface area contributed by atoms with E-state index in [2.05, 4.69) is 4.72 Å². The molecule has 0 radical (unpaired) electrons. The number of sulfonamides is 1. The lowest BCUT2D eigenvalue weighted by Gasteiger charge is -2.04. The first-order valence-electron chi connectivity index (χ1n) is 4.75. The second kappa shape index (κ2) is 7.61. The zero-order valence-corrected chi connectivity index (χ0v) is 9.55. The van der Waals surface area contributed by atoms with Crippen LogP contribution in [0.25, 0.3) is 0 Å². The summed E-state index contributed by atoms with van der Waals surface area (Å²) in [6.07, 6.45) is 1.46. The molecule has 0 atom stereocenters. The molecular formula is C8H17NO5S. The molecule has 0 amide bonds. The molecule has 0 aromatic heterocycles. The molecule has 0 rings (SSSR count). The van der Waals surface area contributed by atoms with Crippen molar-refractivity contribution in [2.75, 3.05) is 25.5 Å². The van der Waals surface area contributed by atoms with Crippen LogP contribution in [0, 0.1) is 0 Å². The molecule has 0 unspecified atom stereocenters. The quantitative estimate of drug-likeness (QED) is 0.544. The van der Waals surface area contributed by atoms with Crippen LogP contribution in [-0.4, -0.2) is 45.0 Å². The number of carboxylic acids is 1. The molecule has 0 bridgehead atoms. The minimum atomic E-state index is -3.68. The Morgan fingerprint density at radius 1 is 1.40 bits per heavy atom. The average molecular weight is 239 g/mol. The van der Waals surface area contributed by atoms with Crippen molar-refractivity contribution in [3.05, 3.63) is 0 Å². The SMILES string of the molecule is CCCOCCCNS(=O)(=O)CC(=O)O. The van der Waals surface area contributed by atoms with E-state index in [1.165, 1.54) is 0 Å². The van der Waals surface area contributed by atoms with E-state index in [0.717, 1.165) is 6.42 Å². The van der Waals surface area contributed by atoms with Gasteiger partial charge in [0.25, 0.3) is 0 Å². The number of hydrogen-bond donors (Lipinski definition) is 2. The van der Waals surface area contributed by atoms with Crippen molar-refractivity contribution < 1.29 is 23.1 Å². The molecule has 0 saturated heterocycles. The second-order valence-electron chi connectivity index (χ2n) is 3.01. The number of hydrogen-bond acceptors (Lipinski definition) is 4. The highest BCUT2D eigenvalue weighted by atomic mass is 32.2. The summed E-state index contributed by atoms with van der Waals surface area (Å²) >= 11 is 0. The molecule has 0 aliphatic rings. The summed E-state index contributed by atoms with van der Waals surface area (Å²) in [4.78, 5) is 10.1. The molecule has 6 nitrogen and oxygen atoms in total. The molecule has 0 fully saturated rings. The van der Waals surface area contributed by atoms with Gasteiger partial charge in [-0.1, -0.05) is 6.92 Å². The maximum Gasteiger partial charge on any atom is 0.320 e. The topological polar surface area (TPSA) is 92.7 Å². The Balaban J connectivity index is 3.54. The van der Waals surface area contributed by atoms with Gasteiger partial charge < -0.3 is 9.84 Å². The van der Waals surface area contributed by atoms with E-state index in [0.29, 0.717) is 19.6 Å². The van der Waals surface area contributed by atoms with Crippen molar-refractivity contribution in [2.45, 2.75) is 19.8 Å². The van der Waals surface area contributed by atoms with Gasteiger partial charge in [-0.2, -0.15) is 0 Å². The molecule has 15 heavy (non-hydrogen) atoms. The highest BCUT2D eigenvalue weighted by molar-refractivity contribution is 7.90. The van der Waals surface area contributed by atoms with Gasteiger partial charge in [0, 0.05) is 19.8 Å². The molecule has 90 valence electrons. The first-order valence-corrected chi connectivity index (χ1v) is 6.40. The van der Waals surface area contributed by atoms with Crippen LogP contribution < -0.4 is 4.72 Å². The highest BCUT2D eigenvalue weighted by Crippen LogP contribution is 1.87. The van der Waals surface area contributed by atoms with Crippen molar-refractivity contribution in [1.29, 1.82) is 0 Å². The largest absolute Gasteiger partial charge is 0.480 e. The number of nitrogens with one attached hydrogen (secondary N) is 1. The van der Waals surface area contributed by atoms with Crippen LogP contribution in [0.2, 0.25) is 0 Å². The fourth-order valence-corrected chi connectivity index (χ4v) is 1.74. The van der Waals surface area contributed by atoms with Gasteiger partial charge in [0.05, 0.1) is 0 Å². The predicted octanol–water partition coefficient (Wildman–Crippen LogP) is -0.193. The first-order chi connectivity index (χ1) is 6.98. The molecule has 0 aromatic rings. The van der Waals surface area contributed by atoms with Gasteiger partial charge in [-0.25, -0.2) is 13.1 Å². The molecule has 0 saturated carbocycles. The van der Waals surface area contributed by atoms with Gasteiger partial charge in [-0.05, 0) is 12.8 Å². The Labute approximate surface area is 89.7 Å². The summed E-state index contributed by atoms with van der Waals surface area (Å²) in [5, 5.41) is 8.28. The standard InChI is InChI=1S/C8H17NO5S/c1-2-5-14-6-3-4-9-15(12,13)7-8(10)11/h9H,2-7H2,1H3,(H,10,11). The van der Waals surface area contributed by atoms with Crippen molar-refractivity contribution in [1.82, 2.24) is 4.72 Å². The summed E-state index contributed by atoms with van der Waals surface area (Å²) in [5.74, 6) is -2.24. The van der Waals surface area contributed by atoms with Crippen LogP contribution in [0.1, 0.15) is 19.8 Å². The fourth-order valence-electron chi connectivity index (χ4n) is 0.862. The molecule has 0 aromatic carbocycles. The van der Waals surface area contributed by atoms with Gasteiger partial charge in [0.2, 0.25) is 10.0 Å². The van der Waals surface area contributed by atoms with Crippen LogP contribution in [0.4, 0.5) is 0 Å². The molecule has 0 heterocycles. The smallest absolute Gasteiger partial charge is 0.320 e. The minimum Gasteiger partial charge on any atom is -0.480 e. The van der Waals surface area contributed by atoms with Gasteiger partial charge in [-0.15, -0.1) is 0 Å². The lowest BCUT2D eigenvalue weighted by Crippen LogP contribution is -2.31. The van der Waals surface area contributed by atoms with Crippen LogP contribution in [-0.2, 0) is 19.6 Å². The Kier molecular flexibility index (Phi) is 7.27. The van der Waals surface area contributed by atoms with E-state index in [1.54, 1.807) is 0 Å². The second-order valence-corrected chi connectivity index (χ2v) is 4.82. The Morgan fingerprint density at radius 2 is 2.07 bits per heavy atom. The summed E-state index contributed by atoms with van der Waals surface area (Å²) in [6, 6.07) is 0. The van der Waals surface area contributed by atoms with Gasteiger partial charge in [-0.3, -0.25) is 4.79 Å². The minimum absolute atomic E-state index is 0.208. The van der Waals surface area contributed by atoms with Crippen LogP contribution >= 0.6 is 0 Å². The molecule has 0 aliphatic heterocycles. The van der Waals surface area contributed by atoms with Crippen LogP contribution in [0.3, 0.4) is 0 Å². The van der Waals surface area contributed by atoms with Crippen LogP contribution in [0.15, 0.2) is 0 Å². The molecule has 2 N–H and O–H groups in total. The number of rotatable bonds is 9. The summed E-state index contributed by atoms with van der Waals surface area (Å²) in [6.45, 7) is 3.32. The highest BCUT2D eigenvalue weighted by Gasteiger charge is 2.13. The number of carboxylic acid groups (broad SMARTS) is 1. The third-order valence-corrected chi connectivity index (χ3v) is 2.72. The normalized spacial score (nSPS) is 11.5. The van der Waals surface area contributed by atoms with Gasteiger partial charge in [0.1, 0.15) is 0 Å². The number of carbonyl (C=O) groups is 1. The van der Waals surface area contributed by atoms with E-state index < -0.39 is 21.7 Å². The molecule has 7 heteroatoms. The van der Waals surface area contributed by atoms with Crippen molar-refractivity contribution >= 4 is 16.0 Å². The Morgan fingerprint density at radius 3 is 2.60 bits per heavy atom. The Bertz CT molecular complexity index is 275. The van der Waals surface area contributed by atoms with Crippen molar-refractivity contribution in [3.63, 3.8) is 0 Å². The van der Waals surface area contributed by atoms with Gasteiger partial charge >= 0.3 is 5.97 Å². The summed E-state index contributed by atoms with van der Waals surface area (Å²) < 4.78 is 29.3. The lowest BCUT2D eigenvalue weighted by molar-refractivity contribution is -0.134. The number of ether oxygens (including phenoxy) is 1. The maximum atomic E-state index is 11.0. The lowest BCUT2D eigenvalue weighted by atomic mass is 10.4. The fraction of sp³-hybridized carbons (Fsp3) is 0.875. The van der Waals surface area contributed by atoms with Crippen LogP contribution in [0.5, 0.6) is 0 Å². The maximum absolute atomic E-state index is 11.0. The zero-order chi connectivity index (χ0) is 11.7. The predicted molar refractivity (Wildman–Crippen MR) is 55.2 cm³/mol. The van der Waals surface area contributed by atoms with Crippen molar-refractivity contribution in [2.24, 2.45) is 0 Å². The van der Waals surface area contributed by atoms with E-state index in [9.17, 15) is 13.2 Å². The summed E-state index contributed by atoms with van der Waals surface area (Å²) in [7, 11) is -3.68. The molecular weight excluding hydrogens is 222 g/mol. The average Bonchev–Trinajstić information content (AvgIpc) is 2.08. The van der Waals surface area contributed by atoms with E-state index in [-0.39, 0.29) is 6.54 Å². The monoisotopic (exact) mass is 239 g/mol. The summed E-state index contributed by atoms with van der Waals surface area (Å²) in [5.41, 5.74) is 0.